The number of carbonyl (C=O) groups excluding carboxylic acids is 2. The van der Waals surface area contributed by atoms with Crippen LogP contribution >= 0.6 is 0 Å². The minimum Gasteiger partial charge on any atom is -0.493 e. The molecule has 5 nitrogen and oxygen atoms in total. The Morgan fingerprint density at radius 2 is 1.81 bits per heavy atom. The molecule has 2 aromatic rings. The molecule has 1 saturated heterocycles. The molecule has 2 aromatic carbocycles. The second kappa shape index (κ2) is 10.2. The second-order valence-corrected chi connectivity index (χ2v) is 9.36. The minimum atomic E-state index is -0.0936. The van der Waals surface area contributed by atoms with Crippen molar-refractivity contribution in [1.82, 2.24) is 10.2 Å². The summed E-state index contributed by atoms with van der Waals surface area (Å²) in [7, 11) is 0. The van der Waals surface area contributed by atoms with Gasteiger partial charge in [-0.25, -0.2) is 0 Å². The molecule has 0 aliphatic carbocycles. The summed E-state index contributed by atoms with van der Waals surface area (Å²) < 4.78 is 5.87. The smallest absolute Gasteiger partial charge is 0.255 e. The molecular weight excluding hydrogens is 400 g/mol. The van der Waals surface area contributed by atoms with Gasteiger partial charge in [-0.3, -0.25) is 9.59 Å². The zero-order valence-electron chi connectivity index (χ0n) is 19.1. The van der Waals surface area contributed by atoms with Crippen LogP contribution in [-0.4, -0.2) is 43.0 Å². The fraction of sp³-hybridized carbons (Fsp3) is 0.481. The van der Waals surface area contributed by atoms with Crippen LogP contribution in [0.25, 0.3) is 0 Å². The average molecular weight is 435 g/mol. The highest BCUT2D eigenvalue weighted by molar-refractivity contribution is 5.96. The number of amides is 2. The van der Waals surface area contributed by atoms with Crippen molar-refractivity contribution in [3.8, 4) is 5.75 Å². The lowest BCUT2D eigenvalue weighted by molar-refractivity contribution is -0.134. The fourth-order valence-electron chi connectivity index (χ4n) is 5.04. The molecule has 2 aliphatic heterocycles. The summed E-state index contributed by atoms with van der Waals surface area (Å²) in [6, 6.07) is 15.6. The van der Waals surface area contributed by atoms with Crippen molar-refractivity contribution in [2.45, 2.75) is 51.9 Å². The summed E-state index contributed by atoms with van der Waals surface area (Å²) in [5.41, 5.74) is 2.78. The van der Waals surface area contributed by atoms with Gasteiger partial charge in [-0.2, -0.15) is 0 Å². The maximum atomic E-state index is 13.2. The average Bonchev–Trinajstić information content (AvgIpc) is 2.81. The van der Waals surface area contributed by atoms with Gasteiger partial charge in [-0.1, -0.05) is 49.2 Å². The normalized spacial score (nSPS) is 22.2. The highest BCUT2D eigenvalue weighted by atomic mass is 16.5. The monoisotopic (exact) mass is 434 g/mol. The molecule has 32 heavy (non-hydrogen) atoms. The largest absolute Gasteiger partial charge is 0.493 e. The number of para-hydroxylation sites is 1. The van der Waals surface area contributed by atoms with Crippen molar-refractivity contribution in [2.75, 3.05) is 26.2 Å². The summed E-state index contributed by atoms with van der Waals surface area (Å²) in [5, 5.41) is 3.18. The van der Waals surface area contributed by atoms with Crippen LogP contribution < -0.4 is 10.1 Å². The van der Waals surface area contributed by atoms with Crippen LogP contribution in [0.3, 0.4) is 0 Å². The van der Waals surface area contributed by atoms with Crippen molar-refractivity contribution >= 4 is 11.8 Å². The van der Waals surface area contributed by atoms with E-state index in [0.717, 1.165) is 62.7 Å². The molecule has 2 aliphatic rings. The summed E-state index contributed by atoms with van der Waals surface area (Å²) in [6.07, 6.45) is 6.63. The molecule has 0 saturated carbocycles. The zero-order valence-corrected chi connectivity index (χ0v) is 19.1. The van der Waals surface area contributed by atoms with E-state index < -0.39 is 0 Å². The third-order valence-electron chi connectivity index (χ3n) is 6.98. The quantitative estimate of drug-likeness (QED) is 0.756. The molecule has 1 fully saturated rings. The molecule has 1 unspecified atom stereocenters. The van der Waals surface area contributed by atoms with Crippen molar-refractivity contribution in [1.29, 1.82) is 0 Å². The summed E-state index contributed by atoms with van der Waals surface area (Å²) >= 11 is 0. The van der Waals surface area contributed by atoms with Crippen molar-refractivity contribution in [3.05, 3.63) is 65.2 Å². The Hall–Kier alpha value is -2.82. The van der Waals surface area contributed by atoms with E-state index in [0.29, 0.717) is 30.9 Å². The first kappa shape index (κ1) is 22.4. The number of hydrogen-bond donors (Lipinski definition) is 1. The Kier molecular flexibility index (Phi) is 7.13. The van der Waals surface area contributed by atoms with E-state index >= 15 is 0 Å². The molecule has 5 heteroatoms. The number of nitrogens with one attached hydrogen (secondary N) is 1. The number of rotatable bonds is 2. The number of carbonyl (C=O) groups is 2. The lowest BCUT2D eigenvalue weighted by Crippen LogP contribution is -2.51. The summed E-state index contributed by atoms with van der Waals surface area (Å²) in [5.74, 6) is 0.747. The first-order valence-corrected chi connectivity index (χ1v) is 11.9. The van der Waals surface area contributed by atoms with Crippen molar-refractivity contribution < 1.29 is 14.3 Å². The molecule has 170 valence electrons. The van der Waals surface area contributed by atoms with Crippen LogP contribution in [0.2, 0.25) is 0 Å². The maximum Gasteiger partial charge on any atom is 0.255 e. The number of piperidine rings is 1. The second-order valence-electron chi connectivity index (χ2n) is 9.36. The van der Waals surface area contributed by atoms with E-state index in [1.165, 1.54) is 0 Å². The fourth-order valence-corrected chi connectivity index (χ4v) is 5.04. The molecule has 4 rings (SSSR count). The van der Waals surface area contributed by atoms with E-state index in [9.17, 15) is 9.59 Å². The molecule has 1 atom stereocenters. The van der Waals surface area contributed by atoms with E-state index in [1.807, 2.05) is 47.4 Å². The topological polar surface area (TPSA) is 58.6 Å². The maximum absolute atomic E-state index is 13.2. The van der Waals surface area contributed by atoms with Gasteiger partial charge in [-0.15, -0.1) is 0 Å². The highest BCUT2D eigenvalue weighted by Gasteiger charge is 2.37. The van der Waals surface area contributed by atoms with Crippen molar-refractivity contribution in [3.63, 3.8) is 0 Å². The van der Waals surface area contributed by atoms with E-state index in [1.54, 1.807) is 0 Å². The van der Waals surface area contributed by atoms with Gasteiger partial charge >= 0.3 is 0 Å². The molecular formula is C27H34N2O3. The van der Waals surface area contributed by atoms with Gasteiger partial charge in [0.05, 0.1) is 18.6 Å². The standard InChI is InChI=1S/C27H34N2O3/c1-21-10-3-4-11-22(21)18-25(30)29-16-9-15-27(20-29)14-7-2-8-17-32-24-13-6-5-12-23(24)26(31)28-19-27/h3-6,10-13H,2,7-9,14-20H2,1H3,(H,28,31). The van der Waals surface area contributed by atoms with Crippen LogP contribution in [-0.2, 0) is 11.2 Å². The number of ether oxygens (including phenoxy) is 1. The molecule has 0 bridgehead atoms. The van der Waals surface area contributed by atoms with Gasteiger partial charge in [0.25, 0.3) is 5.91 Å². The number of aryl methyl sites for hydroxylation is 1. The van der Waals surface area contributed by atoms with Crippen LogP contribution in [0.4, 0.5) is 0 Å². The van der Waals surface area contributed by atoms with Gasteiger partial charge in [0.2, 0.25) is 5.91 Å². The summed E-state index contributed by atoms with van der Waals surface area (Å²) in [4.78, 5) is 28.2. The number of likely N-dealkylation sites (tertiary alicyclic amines) is 1. The first-order chi connectivity index (χ1) is 15.6. The van der Waals surface area contributed by atoms with Gasteiger partial charge in [0.15, 0.2) is 0 Å². The Labute approximate surface area is 191 Å². The zero-order chi connectivity index (χ0) is 22.4. The van der Waals surface area contributed by atoms with Crippen molar-refractivity contribution in [2.24, 2.45) is 5.41 Å². The lowest BCUT2D eigenvalue weighted by atomic mass is 9.75. The predicted molar refractivity (Wildman–Crippen MR) is 126 cm³/mol. The Balaban J connectivity index is 1.49. The van der Waals surface area contributed by atoms with E-state index in [4.69, 9.17) is 4.74 Å². The Bertz CT molecular complexity index is 957. The first-order valence-electron chi connectivity index (χ1n) is 11.9. The lowest BCUT2D eigenvalue weighted by Gasteiger charge is -2.43. The number of benzene rings is 2. The van der Waals surface area contributed by atoms with Crippen LogP contribution in [0.5, 0.6) is 5.75 Å². The Morgan fingerprint density at radius 3 is 2.69 bits per heavy atom. The van der Waals surface area contributed by atoms with Crippen LogP contribution in [0.15, 0.2) is 48.5 Å². The number of fused-ring (bicyclic) bond motifs is 1. The minimum absolute atomic E-state index is 0.0652. The third kappa shape index (κ3) is 5.32. The third-order valence-corrected chi connectivity index (χ3v) is 6.98. The van der Waals surface area contributed by atoms with E-state index in [-0.39, 0.29) is 17.2 Å². The molecule has 2 heterocycles. The van der Waals surface area contributed by atoms with E-state index in [2.05, 4.69) is 18.3 Å². The van der Waals surface area contributed by atoms with Crippen LogP contribution in [0, 0.1) is 12.3 Å². The molecule has 1 spiro atoms. The van der Waals surface area contributed by atoms with Gasteiger partial charge in [-0.05, 0) is 55.9 Å². The van der Waals surface area contributed by atoms with Gasteiger partial charge < -0.3 is 15.0 Å². The highest BCUT2D eigenvalue weighted by Crippen LogP contribution is 2.36. The molecule has 2 amide bonds. The SMILES string of the molecule is Cc1ccccc1CC(=O)N1CCCC2(CCCCCOc3ccccc3C(=O)NC2)C1. The van der Waals surface area contributed by atoms with Crippen LogP contribution in [0.1, 0.15) is 60.0 Å². The number of hydrogen-bond acceptors (Lipinski definition) is 3. The Morgan fingerprint density at radius 1 is 1.03 bits per heavy atom. The predicted octanol–water partition coefficient (Wildman–Crippen LogP) is 4.53. The van der Waals surface area contributed by atoms with Gasteiger partial charge in [0, 0.05) is 25.0 Å². The number of nitrogens with zero attached hydrogens (tertiary/aromatic N) is 1. The van der Waals surface area contributed by atoms with Gasteiger partial charge in [0.1, 0.15) is 5.75 Å². The molecule has 0 aromatic heterocycles. The molecule has 0 radical (unpaired) electrons. The molecule has 1 N–H and O–H groups in total. The summed E-state index contributed by atoms with van der Waals surface area (Å²) in [6.45, 7) is 4.80.